The summed E-state index contributed by atoms with van der Waals surface area (Å²) in [6.07, 6.45) is 0.630. The van der Waals surface area contributed by atoms with E-state index in [9.17, 15) is 19.5 Å². The molecule has 7 heteroatoms. The fraction of sp³-hybridized carbons (Fsp3) is 0.160. The molecule has 0 aliphatic carbocycles. The average molecular weight is 449 g/mol. The lowest BCUT2D eigenvalue weighted by Crippen LogP contribution is -2.24. The van der Waals surface area contributed by atoms with Gasteiger partial charge in [0, 0.05) is 16.3 Å². The Morgan fingerprint density at radius 3 is 2.19 bits per heavy atom. The molecule has 3 aromatic rings. The third kappa shape index (κ3) is 5.98. The van der Waals surface area contributed by atoms with Gasteiger partial charge in [-0.05, 0) is 61.4 Å². The maximum Gasteiger partial charge on any atom is 0.336 e. The zero-order valence-electron chi connectivity index (χ0n) is 17.8. The fourth-order valence-electron chi connectivity index (χ4n) is 3.15. The Bertz CT molecular complexity index is 1150. The van der Waals surface area contributed by atoms with E-state index in [4.69, 9.17) is 0 Å². The van der Waals surface area contributed by atoms with Crippen molar-refractivity contribution >= 4 is 40.9 Å². The first-order chi connectivity index (χ1) is 15.4. The van der Waals surface area contributed by atoms with Gasteiger partial charge >= 0.3 is 5.97 Å². The monoisotopic (exact) mass is 448 g/mol. The summed E-state index contributed by atoms with van der Waals surface area (Å²) < 4.78 is 0. The number of benzene rings is 3. The van der Waals surface area contributed by atoms with Gasteiger partial charge in [0.1, 0.15) is 0 Å². The number of nitrogens with one attached hydrogen (secondary N) is 2. The van der Waals surface area contributed by atoms with Gasteiger partial charge in [-0.15, -0.1) is 11.8 Å². The van der Waals surface area contributed by atoms with Crippen LogP contribution >= 0.6 is 11.8 Å². The number of amides is 2. The van der Waals surface area contributed by atoms with Crippen LogP contribution in [0.2, 0.25) is 0 Å². The van der Waals surface area contributed by atoms with Crippen LogP contribution in [0.15, 0.2) is 77.7 Å². The average Bonchev–Trinajstić information content (AvgIpc) is 2.77. The molecule has 3 N–H and O–H groups in total. The van der Waals surface area contributed by atoms with Crippen molar-refractivity contribution in [2.75, 3.05) is 10.6 Å². The third-order valence-corrected chi connectivity index (χ3v) is 6.08. The van der Waals surface area contributed by atoms with Crippen molar-refractivity contribution < 1.29 is 19.5 Å². The summed E-state index contributed by atoms with van der Waals surface area (Å²) >= 11 is 1.41. The molecular formula is C25H24N2O4S. The summed E-state index contributed by atoms with van der Waals surface area (Å²) in [6, 6.07) is 20.8. The molecule has 3 rings (SSSR count). The van der Waals surface area contributed by atoms with Gasteiger partial charge in [0.15, 0.2) is 0 Å². The van der Waals surface area contributed by atoms with Gasteiger partial charge in [-0.3, -0.25) is 9.59 Å². The molecule has 0 bridgehead atoms. The van der Waals surface area contributed by atoms with E-state index in [1.165, 1.54) is 23.9 Å². The number of aromatic carboxylic acids is 1. The Kier molecular flexibility index (Phi) is 7.68. The molecule has 1 unspecified atom stereocenters. The molecule has 3 aromatic carbocycles. The van der Waals surface area contributed by atoms with Crippen LogP contribution in [0.1, 0.15) is 39.6 Å². The maximum atomic E-state index is 12.8. The van der Waals surface area contributed by atoms with Crippen LogP contribution in [0.5, 0.6) is 0 Å². The molecule has 0 radical (unpaired) electrons. The van der Waals surface area contributed by atoms with Gasteiger partial charge in [0.05, 0.1) is 16.4 Å². The van der Waals surface area contributed by atoms with E-state index in [2.05, 4.69) is 10.6 Å². The molecule has 0 aromatic heterocycles. The predicted molar refractivity (Wildman–Crippen MR) is 128 cm³/mol. The summed E-state index contributed by atoms with van der Waals surface area (Å²) in [4.78, 5) is 37.6. The molecule has 32 heavy (non-hydrogen) atoms. The lowest BCUT2D eigenvalue weighted by Gasteiger charge is -2.16. The summed E-state index contributed by atoms with van der Waals surface area (Å²) in [5, 5.41) is 14.7. The Morgan fingerprint density at radius 1 is 0.875 bits per heavy atom. The highest BCUT2D eigenvalue weighted by molar-refractivity contribution is 8.00. The molecule has 164 valence electrons. The first-order valence-corrected chi connectivity index (χ1v) is 11.0. The van der Waals surface area contributed by atoms with Crippen LogP contribution < -0.4 is 10.6 Å². The van der Waals surface area contributed by atoms with Gasteiger partial charge in [-0.1, -0.05) is 37.3 Å². The zero-order valence-corrected chi connectivity index (χ0v) is 18.6. The fourth-order valence-corrected chi connectivity index (χ4v) is 4.16. The number of rotatable bonds is 8. The lowest BCUT2D eigenvalue weighted by molar-refractivity contribution is -0.115. The molecule has 6 nitrogen and oxygen atoms in total. The van der Waals surface area contributed by atoms with E-state index in [1.54, 1.807) is 30.3 Å². The largest absolute Gasteiger partial charge is 0.478 e. The number of carboxylic acid groups (broad SMARTS) is 1. The van der Waals surface area contributed by atoms with Crippen LogP contribution in [-0.4, -0.2) is 28.1 Å². The highest BCUT2D eigenvalue weighted by atomic mass is 32.2. The number of thioether (sulfide) groups is 1. The Morgan fingerprint density at radius 2 is 1.53 bits per heavy atom. The quantitative estimate of drug-likeness (QED) is 0.398. The minimum Gasteiger partial charge on any atom is -0.478 e. The number of hydrogen-bond acceptors (Lipinski definition) is 4. The SMILES string of the molecule is CCC(Sc1cccc(NC(=O)c2ccccc2C(=O)O)c1)C(=O)Nc1cccc(C)c1. The number of carboxylic acids is 1. The van der Waals surface area contributed by atoms with E-state index in [1.807, 2.05) is 44.2 Å². The Hall–Kier alpha value is -3.58. The van der Waals surface area contributed by atoms with Crippen LogP contribution in [0.25, 0.3) is 0 Å². The Labute approximate surface area is 191 Å². The van der Waals surface area contributed by atoms with Crippen LogP contribution in [0.3, 0.4) is 0 Å². The van der Waals surface area contributed by atoms with Crippen molar-refractivity contribution in [2.24, 2.45) is 0 Å². The van der Waals surface area contributed by atoms with E-state index < -0.39 is 11.9 Å². The molecule has 0 aliphatic rings. The molecule has 0 heterocycles. The number of carbonyl (C=O) groups is 3. The minimum atomic E-state index is -1.16. The van der Waals surface area contributed by atoms with Gasteiger partial charge in [0.25, 0.3) is 5.91 Å². The van der Waals surface area contributed by atoms with Crippen molar-refractivity contribution in [3.8, 4) is 0 Å². The van der Waals surface area contributed by atoms with Crippen molar-refractivity contribution in [3.63, 3.8) is 0 Å². The van der Waals surface area contributed by atoms with Crippen LogP contribution in [-0.2, 0) is 4.79 Å². The van der Waals surface area contributed by atoms with Crippen LogP contribution in [0.4, 0.5) is 11.4 Å². The normalized spacial score (nSPS) is 11.4. The summed E-state index contributed by atoms with van der Waals surface area (Å²) in [6.45, 7) is 3.91. The van der Waals surface area contributed by atoms with E-state index in [0.29, 0.717) is 12.1 Å². The number of anilines is 2. The highest BCUT2D eigenvalue weighted by Gasteiger charge is 2.19. The molecule has 0 fully saturated rings. The Balaban J connectivity index is 1.70. The summed E-state index contributed by atoms with van der Waals surface area (Å²) in [5.74, 6) is -1.76. The van der Waals surface area contributed by atoms with Crippen molar-refractivity contribution in [3.05, 3.63) is 89.5 Å². The number of hydrogen-bond donors (Lipinski definition) is 3. The topological polar surface area (TPSA) is 95.5 Å². The molecule has 1 atom stereocenters. The second kappa shape index (κ2) is 10.6. The molecule has 0 aliphatic heterocycles. The number of aryl methyl sites for hydroxylation is 1. The van der Waals surface area contributed by atoms with E-state index in [0.717, 1.165) is 16.1 Å². The van der Waals surface area contributed by atoms with E-state index >= 15 is 0 Å². The third-order valence-electron chi connectivity index (χ3n) is 4.72. The van der Waals surface area contributed by atoms with Gasteiger partial charge < -0.3 is 15.7 Å². The second-order valence-corrected chi connectivity index (χ2v) is 8.48. The van der Waals surface area contributed by atoms with Crippen LogP contribution in [0, 0.1) is 6.92 Å². The predicted octanol–water partition coefficient (Wildman–Crippen LogP) is 5.45. The molecular weight excluding hydrogens is 424 g/mol. The molecule has 0 saturated carbocycles. The highest BCUT2D eigenvalue weighted by Crippen LogP contribution is 2.29. The van der Waals surface area contributed by atoms with Gasteiger partial charge in [-0.25, -0.2) is 4.79 Å². The number of carbonyl (C=O) groups excluding carboxylic acids is 2. The first-order valence-electron chi connectivity index (χ1n) is 10.1. The zero-order chi connectivity index (χ0) is 23.1. The second-order valence-electron chi connectivity index (χ2n) is 7.21. The molecule has 0 spiro atoms. The summed E-state index contributed by atoms with van der Waals surface area (Å²) in [5.41, 5.74) is 2.37. The maximum absolute atomic E-state index is 12.8. The smallest absolute Gasteiger partial charge is 0.336 e. The van der Waals surface area contributed by atoms with Crippen molar-refractivity contribution in [2.45, 2.75) is 30.4 Å². The lowest BCUT2D eigenvalue weighted by atomic mass is 10.1. The van der Waals surface area contributed by atoms with Crippen molar-refractivity contribution in [1.29, 1.82) is 0 Å². The minimum absolute atomic E-state index is 0.0607. The van der Waals surface area contributed by atoms with Gasteiger partial charge in [0.2, 0.25) is 5.91 Å². The first kappa shape index (κ1) is 23.1. The van der Waals surface area contributed by atoms with Gasteiger partial charge in [-0.2, -0.15) is 0 Å². The summed E-state index contributed by atoms with van der Waals surface area (Å²) in [7, 11) is 0. The van der Waals surface area contributed by atoms with E-state index in [-0.39, 0.29) is 22.3 Å². The van der Waals surface area contributed by atoms with Crippen molar-refractivity contribution in [1.82, 2.24) is 0 Å². The molecule has 0 saturated heterocycles. The molecule has 2 amide bonds. The standard InChI is InChI=1S/C25H24N2O4S/c1-3-22(24(29)27-17-9-6-8-16(2)14-17)32-19-11-7-10-18(15-19)26-23(28)20-12-4-5-13-21(20)25(30)31/h4-15,22H,3H2,1-2H3,(H,26,28)(H,27,29)(H,30,31).